The second-order valence-electron chi connectivity index (χ2n) is 8.28. The highest BCUT2D eigenvalue weighted by Gasteiger charge is 2.15. The fraction of sp³-hybridized carbons (Fsp3) is 0.296. The lowest BCUT2D eigenvalue weighted by molar-refractivity contribution is -0.144. The Morgan fingerprint density at radius 1 is 1.00 bits per heavy atom. The summed E-state index contributed by atoms with van der Waals surface area (Å²) in [6.07, 6.45) is 4.85. The van der Waals surface area contributed by atoms with Gasteiger partial charge in [-0.05, 0) is 29.8 Å². The number of hydrogen-bond acceptors (Lipinski definition) is 7. The van der Waals surface area contributed by atoms with Gasteiger partial charge in [0.1, 0.15) is 30.8 Å². The Balaban J connectivity index is 1.45. The van der Waals surface area contributed by atoms with E-state index in [2.05, 4.69) is 10.4 Å². The first-order valence-corrected chi connectivity index (χ1v) is 11.7. The van der Waals surface area contributed by atoms with Crippen molar-refractivity contribution >= 4 is 11.9 Å². The van der Waals surface area contributed by atoms with Gasteiger partial charge < -0.3 is 24.6 Å². The van der Waals surface area contributed by atoms with Gasteiger partial charge in [0.15, 0.2) is 0 Å². The van der Waals surface area contributed by atoms with E-state index in [0.29, 0.717) is 31.2 Å². The van der Waals surface area contributed by atoms with Gasteiger partial charge in [0.25, 0.3) is 0 Å². The molecule has 0 spiro atoms. The number of hydrogen-bond donors (Lipinski definition) is 2. The lowest BCUT2D eigenvalue weighted by atomic mass is 10.1. The summed E-state index contributed by atoms with van der Waals surface area (Å²) >= 11 is 0. The monoisotopic (exact) mass is 493 g/mol. The summed E-state index contributed by atoms with van der Waals surface area (Å²) in [4.78, 5) is 22.4. The molecule has 1 atom stereocenters. The number of esters is 1. The Bertz CT molecular complexity index is 1130. The molecule has 190 valence electrons. The highest BCUT2D eigenvalue weighted by Crippen LogP contribution is 2.19. The van der Waals surface area contributed by atoms with Crippen molar-refractivity contribution in [2.24, 2.45) is 0 Å². The van der Waals surface area contributed by atoms with E-state index in [1.165, 1.54) is 0 Å². The Morgan fingerprint density at radius 3 is 2.36 bits per heavy atom. The molecule has 1 aromatic heterocycles. The van der Waals surface area contributed by atoms with Crippen LogP contribution in [0.4, 0.5) is 0 Å². The molecule has 0 aliphatic heterocycles. The van der Waals surface area contributed by atoms with E-state index >= 15 is 0 Å². The molecule has 0 aliphatic rings. The van der Waals surface area contributed by atoms with Gasteiger partial charge in [-0.2, -0.15) is 5.10 Å². The number of aliphatic carboxylic acids is 1. The lowest BCUT2D eigenvalue weighted by Gasteiger charge is -2.20. The number of aromatic nitrogens is 2. The minimum Gasteiger partial charge on any atom is -0.492 e. The molecule has 3 aromatic rings. The molecule has 2 N–H and O–H groups in total. The zero-order chi connectivity index (χ0) is 25.8. The number of carbonyl (C=O) groups is 2. The topological polar surface area (TPSA) is 112 Å². The summed E-state index contributed by atoms with van der Waals surface area (Å²) in [6.45, 7) is 5.48. The molecule has 0 bridgehead atoms. The van der Waals surface area contributed by atoms with E-state index in [0.717, 1.165) is 23.3 Å². The van der Waals surface area contributed by atoms with Gasteiger partial charge in [0.05, 0.1) is 12.7 Å². The summed E-state index contributed by atoms with van der Waals surface area (Å²) in [7, 11) is 0. The van der Waals surface area contributed by atoms with Crippen molar-refractivity contribution < 1.29 is 28.9 Å². The number of rotatable bonds is 14. The third-order valence-electron chi connectivity index (χ3n) is 4.99. The van der Waals surface area contributed by atoms with Crippen LogP contribution >= 0.6 is 0 Å². The maximum Gasteiger partial charge on any atom is 0.331 e. The van der Waals surface area contributed by atoms with Crippen molar-refractivity contribution in [3.63, 3.8) is 0 Å². The van der Waals surface area contributed by atoms with Crippen molar-refractivity contribution in [2.45, 2.75) is 32.5 Å². The molecule has 9 nitrogen and oxygen atoms in total. The molecular formula is C27H31N3O6. The van der Waals surface area contributed by atoms with E-state index in [4.69, 9.17) is 19.3 Å². The van der Waals surface area contributed by atoms with Crippen LogP contribution in [0, 0.1) is 0 Å². The summed E-state index contributed by atoms with van der Waals surface area (Å²) in [6, 6.07) is 17.4. The molecule has 1 unspecified atom stereocenters. The normalized spacial score (nSPS) is 12.0. The predicted molar refractivity (Wildman–Crippen MR) is 135 cm³/mol. The lowest BCUT2D eigenvalue weighted by Crippen LogP contribution is -2.38. The summed E-state index contributed by atoms with van der Waals surface area (Å²) in [5.41, 5.74) is 2.18. The smallest absolute Gasteiger partial charge is 0.331 e. The van der Waals surface area contributed by atoms with Crippen molar-refractivity contribution in [1.82, 2.24) is 15.1 Å². The third-order valence-corrected chi connectivity index (χ3v) is 4.99. The molecule has 0 saturated carbocycles. The number of carboxylic acids is 1. The van der Waals surface area contributed by atoms with Crippen LogP contribution in [0.1, 0.15) is 13.8 Å². The highest BCUT2D eigenvalue weighted by molar-refractivity contribution is 5.90. The molecule has 36 heavy (non-hydrogen) atoms. The van der Waals surface area contributed by atoms with Gasteiger partial charge in [0.2, 0.25) is 0 Å². The van der Waals surface area contributed by atoms with Crippen molar-refractivity contribution in [3.8, 4) is 22.6 Å². The van der Waals surface area contributed by atoms with Crippen LogP contribution < -0.4 is 14.8 Å². The number of carboxylic acid groups (broad SMARTS) is 1. The van der Waals surface area contributed by atoms with Crippen molar-refractivity contribution in [1.29, 1.82) is 0 Å². The van der Waals surface area contributed by atoms with Gasteiger partial charge in [-0.3, -0.25) is 4.68 Å². The van der Waals surface area contributed by atoms with Gasteiger partial charge >= 0.3 is 11.9 Å². The summed E-state index contributed by atoms with van der Waals surface area (Å²) in [5, 5.41) is 16.2. The fourth-order valence-corrected chi connectivity index (χ4v) is 3.19. The van der Waals surface area contributed by atoms with E-state index in [9.17, 15) is 9.59 Å². The first kappa shape index (κ1) is 26.5. The molecule has 2 aromatic carbocycles. The first-order valence-electron chi connectivity index (χ1n) is 11.7. The standard InChI is InChI=1S/C27H31N3O6/c1-20(2)28-17-25(36-27(33)13-12-26(31)32)19-35-24-10-8-23(9-11-24)34-15-14-30-18-22(16-29-30)21-6-4-3-5-7-21/h3-13,16,18,20,25,28H,14-15,17,19H2,1-2H3,(H,31,32)/b13-12-. The number of ether oxygens (including phenoxy) is 3. The Morgan fingerprint density at radius 2 is 1.69 bits per heavy atom. The number of carbonyl (C=O) groups excluding carboxylic acids is 1. The number of nitrogens with zero attached hydrogens (tertiary/aromatic N) is 2. The Kier molecular flexibility index (Phi) is 10.1. The quantitative estimate of drug-likeness (QED) is 0.259. The molecular weight excluding hydrogens is 462 g/mol. The second kappa shape index (κ2) is 13.7. The fourth-order valence-electron chi connectivity index (χ4n) is 3.19. The summed E-state index contributed by atoms with van der Waals surface area (Å²) in [5.74, 6) is -0.674. The maximum absolute atomic E-state index is 11.9. The average molecular weight is 494 g/mol. The van der Waals surface area contributed by atoms with Crippen LogP contribution in [0.5, 0.6) is 11.5 Å². The largest absolute Gasteiger partial charge is 0.492 e. The first-order chi connectivity index (χ1) is 17.4. The molecule has 1 heterocycles. The molecule has 0 radical (unpaired) electrons. The number of nitrogens with one attached hydrogen (secondary N) is 1. The van der Waals surface area contributed by atoms with E-state index < -0.39 is 18.0 Å². The Hall–Kier alpha value is -4.11. The van der Waals surface area contributed by atoms with Crippen molar-refractivity contribution in [3.05, 3.63) is 79.1 Å². The minimum atomic E-state index is -1.22. The Labute approximate surface area is 210 Å². The van der Waals surface area contributed by atoms with E-state index in [1.807, 2.05) is 61.3 Å². The highest BCUT2D eigenvalue weighted by atomic mass is 16.6. The predicted octanol–water partition coefficient (Wildman–Crippen LogP) is 3.56. The van der Waals surface area contributed by atoms with Gasteiger partial charge in [-0.1, -0.05) is 44.2 Å². The maximum atomic E-state index is 11.9. The van der Waals surface area contributed by atoms with E-state index in [1.54, 1.807) is 24.3 Å². The number of benzene rings is 2. The molecule has 9 heteroatoms. The molecule has 3 rings (SSSR count). The van der Waals surface area contributed by atoms with Gasteiger partial charge in [0, 0.05) is 36.5 Å². The van der Waals surface area contributed by atoms with Crippen LogP contribution in [-0.2, 0) is 20.9 Å². The van der Waals surface area contributed by atoms with Crippen LogP contribution in [-0.4, -0.2) is 58.7 Å². The molecule has 0 aliphatic carbocycles. The third kappa shape index (κ3) is 9.27. The molecule has 0 saturated heterocycles. The van der Waals surface area contributed by atoms with Crippen LogP contribution in [0.3, 0.4) is 0 Å². The van der Waals surface area contributed by atoms with Crippen LogP contribution in [0.25, 0.3) is 11.1 Å². The second-order valence-corrected chi connectivity index (χ2v) is 8.28. The zero-order valence-electron chi connectivity index (χ0n) is 20.4. The molecule has 0 amide bonds. The summed E-state index contributed by atoms with van der Waals surface area (Å²) < 4.78 is 18.7. The minimum absolute atomic E-state index is 0.107. The van der Waals surface area contributed by atoms with Gasteiger partial charge in [-0.25, -0.2) is 9.59 Å². The van der Waals surface area contributed by atoms with Crippen molar-refractivity contribution in [2.75, 3.05) is 19.8 Å². The average Bonchev–Trinajstić information content (AvgIpc) is 3.34. The zero-order valence-corrected chi connectivity index (χ0v) is 20.4. The van der Waals surface area contributed by atoms with Crippen LogP contribution in [0.15, 0.2) is 79.1 Å². The van der Waals surface area contributed by atoms with E-state index in [-0.39, 0.29) is 12.6 Å². The molecule has 0 fully saturated rings. The van der Waals surface area contributed by atoms with Gasteiger partial charge in [-0.15, -0.1) is 0 Å². The SMILES string of the molecule is CC(C)NCC(COc1ccc(OCCn2cc(-c3ccccc3)cn2)cc1)OC(=O)/C=C\C(=O)O. The van der Waals surface area contributed by atoms with Crippen LogP contribution in [0.2, 0.25) is 0 Å².